The standard InChI is InChI=1S/C16H26N2/c1-4-15-9-7-8-13(2)16(15)18-11-6-5-10-17-14(3)12-18/h7-9,14,17H,4-6,10-12H2,1-3H3. The quantitative estimate of drug-likeness (QED) is 0.862. The monoisotopic (exact) mass is 246 g/mol. The molecule has 1 aliphatic heterocycles. The Kier molecular flexibility index (Phi) is 4.65. The van der Waals surface area contributed by atoms with E-state index in [1.165, 1.54) is 42.7 Å². The summed E-state index contributed by atoms with van der Waals surface area (Å²) in [7, 11) is 0. The second kappa shape index (κ2) is 6.24. The maximum Gasteiger partial charge on any atom is 0.0428 e. The Morgan fingerprint density at radius 1 is 1.33 bits per heavy atom. The third kappa shape index (κ3) is 3.05. The first-order valence-electron chi connectivity index (χ1n) is 7.29. The highest BCUT2D eigenvalue weighted by molar-refractivity contribution is 5.59. The first kappa shape index (κ1) is 13.4. The Balaban J connectivity index is 2.27. The van der Waals surface area contributed by atoms with Gasteiger partial charge in [0.2, 0.25) is 0 Å². The fraction of sp³-hybridized carbons (Fsp3) is 0.625. The molecule has 2 heteroatoms. The lowest BCUT2D eigenvalue weighted by Gasteiger charge is -2.33. The second-order valence-electron chi connectivity index (χ2n) is 5.44. The Bertz CT molecular complexity index is 387. The minimum absolute atomic E-state index is 0.578. The van der Waals surface area contributed by atoms with Gasteiger partial charge in [0.1, 0.15) is 0 Å². The first-order valence-corrected chi connectivity index (χ1v) is 7.29. The number of nitrogens with one attached hydrogen (secondary N) is 1. The van der Waals surface area contributed by atoms with E-state index in [9.17, 15) is 0 Å². The summed E-state index contributed by atoms with van der Waals surface area (Å²) in [5.41, 5.74) is 4.39. The van der Waals surface area contributed by atoms with Crippen LogP contribution in [0, 0.1) is 6.92 Å². The molecule has 0 saturated carbocycles. The zero-order valence-electron chi connectivity index (χ0n) is 12.0. The van der Waals surface area contributed by atoms with Crippen LogP contribution in [0.4, 0.5) is 5.69 Å². The lowest BCUT2D eigenvalue weighted by Crippen LogP contribution is -2.43. The van der Waals surface area contributed by atoms with Gasteiger partial charge in [-0.2, -0.15) is 0 Å². The maximum absolute atomic E-state index is 3.60. The Labute approximate surface area is 111 Å². The highest BCUT2D eigenvalue weighted by Gasteiger charge is 2.17. The fourth-order valence-electron chi connectivity index (χ4n) is 2.92. The molecule has 1 heterocycles. The molecule has 1 fully saturated rings. The van der Waals surface area contributed by atoms with E-state index in [1.807, 2.05) is 0 Å². The van der Waals surface area contributed by atoms with Crippen molar-refractivity contribution in [3.05, 3.63) is 29.3 Å². The van der Waals surface area contributed by atoms with Crippen LogP contribution in [0.5, 0.6) is 0 Å². The first-order chi connectivity index (χ1) is 8.72. The number of hydrogen-bond acceptors (Lipinski definition) is 2. The molecule has 1 aromatic carbocycles. The van der Waals surface area contributed by atoms with Crippen LogP contribution in [-0.2, 0) is 6.42 Å². The number of benzene rings is 1. The molecule has 1 N–H and O–H groups in total. The zero-order valence-corrected chi connectivity index (χ0v) is 12.0. The normalized spacial score (nSPS) is 21.5. The van der Waals surface area contributed by atoms with Gasteiger partial charge in [0, 0.05) is 24.8 Å². The molecule has 0 spiro atoms. The molecule has 0 bridgehead atoms. The Morgan fingerprint density at radius 2 is 2.17 bits per heavy atom. The summed E-state index contributed by atoms with van der Waals surface area (Å²) in [5.74, 6) is 0. The highest BCUT2D eigenvalue weighted by atomic mass is 15.2. The molecule has 2 rings (SSSR count). The number of anilines is 1. The molecule has 1 aliphatic rings. The van der Waals surface area contributed by atoms with Crippen LogP contribution in [-0.4, -0.2) is 25.7 Å². The average Bonchev–Trinajstić information content (AvgIpc) is 2.33. The van der Waals surface area contributed by atoms with Crippen molar-refractivity contribution in [2.75, 3.05) is 24.5 Å². The van der Waals surface area contributed by atoms with E-state index >= 15 is 0 Å². The summed E-state index contributed by atoms with van der Waals surface area (Å²) in [6, 6.07) is 7.28. The van der Waals surface area contributed by atoms with Gasteiger partial charge in [0.05, 0.1) is 0 Å². The average molecular weight is 246 g/mol. The van der Waals surface area contributed by atoms with Crippen LogP contribution < -0.4 is 10.2 Å². The predicted molar refractivity (Wildman–Crippen MR) is 79.5 cm³/mol. The fourth-order valence-corrected chi connectivity index (χ4v) is 2.92. The molecule has 1 unspecified atom stereocenters. The molecule has 100 valence electrons. The second-order valence-corrected chi connectivity index (χ2v) is 5.44. The molecule has 0 aromatic heterocycles. The van der Waals surface area contributed by atoms with Gasteiger partial charge in [-0.1, -0.05) is 25.1 Å². The number of nitrogens with zero attached hydrogens (tertiary/aromatic N) is 1. The van der Waals surface area contributed by atoms with E-state index in [-0.39, 0.29) is 0 Å². The summed E-state index contributed by atoms with van der Waals surface area (Å²) >= 11 is 0. The van der Waals surface area contributed by atoms with Crippen molar-refractivity contribution in [2.45, 2.75) is 46.1 Å². The summed E-state index contributed by atoms with van der Waals surface area (Å²) < 4.78 is 0. The van der Waals surface area contributed by atoms with Crippen molar-refractivity contribution in [1.82, 2.24) is 5.32 Å². The minimum atomic E-state index is 0.578. The lowest BCUT2D eigenvalue weighted by molar-refractivity contribution is 0.484. The summed E-state index contributed by atoms with van der Waals surface area (Å²) in [6.45, 7) is 10.3. The van der Waals surface area contributed by atoms with Crippen molar-refractivity contribution in [3.8, 4) is 0 Å². The molecule has 1 atom stereocenters. The third-order valence-electron chi connectivity index (χ3n) is 3.86. The van der Waals surface area contributed by atoms with Gasteiger partial charge in [0.15, 0.2) is 0 Å². The molecule has 18 heavy (non-hydrogen) atoms. The van der Waals surface area contributed by atoms with Crippen LogP contribution in [0.2, 0.25) is 0 Å². The van der Waals surface area contributed by atoms with E-state index in [0.29, 0.717) is 6.04 Å². The predicted octanol–water partition coefficient (Wildman–Crippen LogP) is 3.14. The van der Waals surface area contributed by atoms with E-state index in [0.717, 1.165) is 13.0 Å². The minimum Gasteiger partial charge on any atom is -0.370 e. The van der Waals surface area contributed by atoms with Gasteiger partial charge in [-0.05, 0) is 50.8 Å². The maximum atomic E-state index is 3.60. The van der Waals surface area contributed by atoms with Gasteiger partial charge < -0.3 is 10.2 Å². The molecule has 0 radical (unpaired) electrons. The van der Waals surface area contributed by atoms with Gasteiger partial charge >= 0.3 is 0 Å². The van der Waals surface area contributed by atoms with Gasteiger partial charge in [-0.25, -0.2) is 0 Å². The molecule has 1 saturated heterocycles. The number of hydrogen-bond donors (Lipinski definition) is 1. The SMILES string of the molecule is CCc1cccc(C)c1N1CCCCNC(C)C1. The van der Waals surface area contributed by atoms with Crippen molar-refractivity contribution >= 4 is 5.69 Å². The van der Waals surface area contributed by atoms with Crippen LogP contribution in [0.1, 0.15) is 37.8 Å². The van der Waals surface area contributed by atoms with Crippen LogP contribution >= 0.6 is 0 Å². The molecule has 0 amide bonds. The molecule has 2 nitrogen and oxygen atoms in total. The smallest absolute Gasteiger partial charge is 0.0428 e. The molecule has 0 aliphatic carbocycles. The summed E-state index contributed by atoms with van der Waals surface area (Å²) in [6.07, 6.45) is 3.70. The topological polar surface area (TPSA) is 15.3 Å². The van der Waals surface area contributed by atoms with Gasteiger partial charge in [-0.15, -0.1) is 0 Å². The summed E-state index contributed by atoms with van der Waals surface area (Å²) in [5, 5.41) is 3.60. The third-order valence-corrected chi connectivity index (χ3v) is 3.86. The van der Waals surface area contributed by atoms with E-state index in [4.69, 9.17) is 0 Å². The van der Waals surface area contributed by atoms with Crippen molar-refractivity contribution in [2.24, 2.45) is 0 Å². The number of para-hydroxylation sites is 1. The van der Waals surface area contributed by atoms with Crippen molar-refractivity contribution in [1.29, 1.82) is 0 Å². The van der Waals surface area contributed by atoms with E-state index < -0.39 is 0 Å². The summed E-state index contributed by atoms with van der Waals surface area (Å²) in [4.78, 5) is 2.59. The largest absolute Gasteiger partial charge is 0.370 e. The van der Waals surface area contributed by atoms with E-state index in [2.05, 4.69) is 49.2 Å². The molecular weight excluding hydrogens is 220 g/mol. The molecule has 1 aromatic rings. The highest BCUT2D eigenvalue weighted by Crippen LogP contribution is 2.26. The number of aryl methyl sites for hydroxylation is 2. The van der Waals surface area contributed by atoms with Gasteiger partial charge in [-0.3, -0.25) is 0 Å². The molecular formula is C16H26N2. The zero-order chi connectivity index (χ0) is 13.0. The van der Waals surface area contributed by atoms with Crippen LogP contribution in [0.25, 0.3) is 0 Å². The van der Waals surface area contributed by atoms with E-state index in [1.54, 1.807) is 0 Å². The number of rotatable bonds is 2. The van der Waals surface area contributed by atoms with Crippen molar-refractivity contribution < 1.29 is 0 Å². The van der Waals surface area contributed by atoms with Crippen LogP contribution in [0.15, 0.2) is 18.2 Å². The Morgan fingerprint density at radius 3 is 2.94 bits per heavy atom. The van der Waals surface area contributed by atoms with Gasteiger partial charge in [0.25, 0.3) is 0 Å². The lowest BCUT2D eigenvalue weighted by atomic mass is 10.0. The Hall–Kier alpha value is -1.02. The van der Waals surface area contributed by atoms with Crippen molar-refractivity contribution in [3.63, 3.8) is 0 Å². The van der Waals surface area contributed by atoms with Crippen LogP contribution in [0.3, 0.4) is 0 Å².